The molecule has 4 heterocycles. The van der Waals surface area contributed by atoms with E-state index >= 15 is 4.79 Å². The SMILES string of the molecule is Cc1cc(CC(C(=O)N2CCC(C3CCN(S(=O)(=O)C(C)C)CC3)CC2)[C@@]2(N3CCc4ccccc4NC3=O)CCCCN2C(=O)O)cc(C)c1O. The van der Waals surface area contributed by atoms with Gasteiger partial charge < -0.3 is 20.4 Å². The van der Waals surface area contributed by atoms with Crippen molar-refractivity contribution in [3.8, 4) is 5.75 Å². The summed E-state index contributed by atoms with van der Waals surface area (Å²) in [5.74, 6) is -0.139. The van der Waals surface area contributed by atoms with Crippen LogP contribution in [-0.4, -0.2) is 106 Å². The molecule has 6 rings (SSSR count). The number of likely N-dealkylation sites (tertiary alicyclic amines) is 2. The van der Waals surface area contributed by atoms with Crippen molar-refractivity contribution in [3.05, 3.63) is 58.7 Å². The third-order valence-corrected chi connectivity index (χ3v) is 14.5. The number of fused-ring (bicyclic) bond motifs is 1. The Morgan fingerprint density at radius 1 is 0.923 bits per heavy atom. The molecule has 1 unspecified atom stereocenters. The Kier molecular flexibility index (Phi) is 11.1. The van der Waals surface area contributed by atoms with Gasteiger partial charge in [-0.25, -0.2) is 22.3 Å². The van der Waals surface area contributed by atoms with Gasteiger partial charge in [0, 0.05) is 45.0 Å². The maximum absolute atomic E-state index is 15.2. The Hall–Kier alpha value is -3.84. The molecule has 284 valence electrons. The number of benzene rings is 2. The number of hydrogen-bond acceptors (Lipinski definition) is 6. The Balaban J connectivity index is 1.32. The number of phenols is 1. The first-order valence-corrected chi connectivity index (χ1v) is 20.5. The van der Waals surface area contributed by atoms with E-state index in [1.165, 1.54) is 4.90 Å². The Morgan fingerprint density at radius 3 is 2.15 bits per heavy atom. The highest BCUT2D eigenvalue weighted by atomic mass is 32.2. The summed E-state index contributed by atoms with van der Waals surface area (Å²) in [6, 6.07) is 10.9. The largest absolute Gasteiger partial charge is 0.507 e. The minimum absolute atomic E-state index is 0.164. The number of para-hydroxylation sites is 1. The Morgan fingerprint density at radius 2 is 1.54 bits per heavy atom. The van der Waals surface area contributed by atoms with Gasteiger partial charge in [0.1, 0.15) is 11.4 Å². The molecule has 3 N–H and O–H groups in total. The van der Waals surface area contributed by atoms with Gasteiger partial charge in [0.05, 0.1) is 11.2 Å². The van der Waals surface area contributed by atoms with Gasteiger partial charge in [-0.1, -0.05) is 30.3 Å². The van der Waals surface area contributed by atoms with Crippen LogP contribution >= 0.6 is 0 Å². The van der Waals surface area contributed by atoms with Crippen LogP contribution in [0.1, 0.15) is 81.0 Å². The van der Waals surface area contributed by atoms with E-state index in [1.54, 1.807) is 23.1 Å². The van der Waals surface area contributed by atoms with Gasteiger partial charge in [-0.05, 0) is 126 Å². The number of amides is 4. The average Bonchev–Trinajstić information content (AvgIpc) is 3.30. The third kappa shape index (κ3) is 7.22. The predicted molar refractivity (Wildman–Crippen MR) is 200 cm³/mol. The lowest BCUT2D eigenvalue weighted by atomic mass is 9.76. The molecule has 3 saturated heterocycles. The summed E-state index contributed by atoms with van der Waals surface area (Å²) >= 11 is 0. The molecule has 0 aromatic heterocycles. The van der Waals surface area contributed by atoms with E-state index in [0.29, 0.717) is 80.5 Å². The second-order valence-corrected chi connectivity index (χ2v) is 18.1. The van der Waals surface area contributed by atoms with Crippen molar-refractivity contribution in [1.82, 2.24) is 19.0 Å². The zero-order valence-electron chi connectivity index (χ0n) is 31.0. The number of nitrogens with one attached hydrogen (secondary N) is 1. The number of sulfonamides is 1. The molecular formula is C39H55N5O7S. The van der Waals surface area contributed by atoms with Crippen LogP contribution < -0.4 is 5.32 Å². The maximum Gasteiger partial charge on any atom is 0.409 e. The number of carbonyl (C=O) groups is 3. The fraction of sp³-hybridized carbons (Fsp3) is 0.615. The van der Waals surface area contributed by atoms with Crippen LogP contribution in [0.5, 0.6) is 5.75 Å². The van der Waals surface area contributed by atoms with Crippen molar-refractivity contribution in [3.63, 3.8) is 0 Å². The number of nitrogens with zero attached hydrogens (tertiary/aromatic N) is 4. The molecule has 52 heavy (non-hydrogen) atoms. The second kappa shape index (κ2) is 15.3. The van der Waals surface area contributed by atoms with Gasteiger partial charge in [0.2, 0.25) is 15.9 Å². The van der Waals surface area contributed by atoms with Crippen LogP contribution in [0.2, 0.25) is 0 Å². The first kappa shape index (κ1) is 37.9. The lowest BCUT2D eigenvalue weighted by molar-refractivity contribution is -0.153. The van der Waals surface area contributed by atoms with E-state index in [4.69, 9.17) is 0 Å². The zero-order valence-corrected chi connectivity index (χ0v) is 31.8. The predicted octanol–water partition coefficient (Wildman–Crippen LogP) is 5.81. The molecule has 0 saturated carbocycles. The summed E-state index contributed by atoms with van der Waals surface area (Å²) in [6.07, 6.45) is 4.33. The summed E-state index contributed by atoms with van der Waals surface area (Å²) in [5.41, 5.74) is 2.34. The van der Waals surface area contributed by atoms with Crippen molar-refractivity contribution in [2.24, 2.45) is 17.8 Å². The first-order valence-electron chi connectivity index (χ1n) is 19.0. The van der Waals surface area contributed by atoms with Gasteiger partial charge in [-0.3, -0.25) is 14.6 Å². The highest BCUT2D eigenvalue weighted by Gasteiger charge is 2.57. The lowest BCUT2D eigenvalue weighted by Crippen LogP contribution is -2.72. The molecule has 4 aliphatic rings. The lowest BCUT2D eigenvalue weighted by Gasteiger charge is -2.55. The smallest absolute Gasteiger partial charge is 0.409 e. The average molecular weight is 738 g/mol. The standard InChI is InChI=1S/C39H55N5O7S/c1-26(2)52(50,51)42-20-13-31(14-21-42)30-11-18-41(19-12-30)36(46)33(25-29-23-27(3)35(45)28(4)24-29)39(16-7-8-17-44(39)38(48)49)43-22-15-32-9-5-6-10-34(32)40-37(43)47/h5-6,9-10,23-24,26,30-31,33,45H,7-8,11-22,25H2,1-4H3,(H,40,47)(H,48,49)/t33?,39-/m1/s1. The quantitative estimate of drug-likeness (QED) is 0.310. The van der Waals surface area contributed by atoms with Gasteiger partial charge in [0.15, 0.2) is 0 Å². The Labute approximate surface area is 308 Å². The van der Waals surface area contributed by atoms with Gasteiger partial charge in [-0.2, -0.15) is 0 Å². The molecule has 2 aromatic carbocycles. The van der Waals surface area contributed by atoms with Crippen molar-refractivity contribution < 1.29 is 33.0 Å². The molecule has 3 fully saturated rings. The summed E-state index contributed by atoms with van der Waals surface area (Å²) in [6.45, 7) is 9.59. The number of urea groups is 1. The highest BCUT2D eigenvalue weighted by molar-refractivity contribution is 7.89. The van der Waals surface area contributed by atoms with Crippen molar-refractivity contribution in [1.29, 1.82) is 0 Å². The van der Waals surface area contributed by atoms with Gasteiger partial charge in [-0.15, -0.1) is 0 Å². The van der Waals surface area contributed by atoms with E-state index in [-0.39, 0.29) is 31.2 Å². The molecular weight excluding hydrogens is 683 g/mol. The normalized spacial score (nSPS) is 23.2. The van der Waals surface area contributed by atoms with Crippen LogP contribution in [-0.2, 0) is 27.7 Å². The molecule has 0 radical (unpaired) electrons. The monoisotopic (exact) mass is 737 g/mol. The molecule has 2 aromatic rings. The number of piperidine rings is 3. The van der Waals surface area contributed by atoms with E-state index in [0.717, 1.165) is 36.8 Å². The van der Waals surface area contributed by atoms with E-state index < -0.39 is 39.0 Å². The number of carbonyl (C=O) groups excluding carboxylic acids is 2. The molecule has 4 aliphatic heterocycles. The third-order valence-electron chi connectivity index (χ3n) is 12.3. The van der Waals surface area contributed by atoms with Gasteiger partial charge in [0.25, 0.3) is 0 Å². The molecule has 2 atom stereocenters. The number of aromatic hydroxyl groups is 1. The number of aryl methyl sites for hydroxylation is 2. The van der Waals surface area contributed by atoms with E-state index in [9.17, 15) is 28.2 Å². The number of carboxylic acid groups (broad SMARTS) is 1. The summed E-state index contributed by atoms with van der Waals surface area (Å²) < 4.78 is 27.2. The molecule has 0 spiro atoms. The summed E-state index contributed by atoms with van der Waals surface area (Å²) in [7, 11) is -3.29. The number of anilines is 1. The maximum atomic E-state index is 15.2. The van der Waals surface area contributed by atoms with Gasteiger partial charge >= 0.3 is 12.1 Å². The molecule has 4 amide bonds. The number of phenolic OH excluding ortho intramolecular Hbond substituents is 1. The summed E-state index contributed by atoms with van der Waals surface area (Å²) in [4.78, 5) is 47.6. The van der Waals surface area contributed by atoms with Crippen LogP contribution in [0, 0.1) is 31.6 Å². The molecule has 0 aliphatic carbocycles. The highest BCUT2D eigenvalue weighted by Crippen LogP contribution is 2.44. The van der Waals surface area contributed by atoms with Crippen LogP contribution in [0.3, 0.4) is 0 Å². The van der Waals surface area contributed by atoms with Crippen LogP contribution in [0.25, 0.3) is 0 Å². The summed E-state index contributed by atoms with van der Waals surface area (Å²) in [5, 5.41) is 24.0. The van der Waals surface area contributed by atoms with Crippen LogP contribution in [0.4, 0.5) is 15.3 Å². The van der Waals surface area contributed by atoms with Crippen molar-refractivity contribution in [2.45, 2.75) is 96.4 Å². The van der Waals surface area contributed by atoms with Crippen LogP contribution in [0.15, 0.2) is 36.4 Å². The van der Waals surface area contributed by atoms with E-state index in [1.807, 2.05) is 55.1 Å². The van der Waals surface area contributed by atoms with Crippen molar-refractivity contribution >= 4 is 33.7 Å². The van der Waals surface area contributed by atoms with E-state index in [2.05, 4.69) is 5.32 Å². The molecule has 0 bridgehead atoms. The number of hydrogen-bond donors (Lipinski definition) is 3. The second-order valence-electron chi connectivity index (χ2n) is 15.6. The fourth-order valence-corrected chi connectivity index (χ4v) is 10.7. The molecule has 12 nitrogen and oxygen atoms in total. The minimum Gasteiger partial charge on any atom is -0.507 e. The molecule has 13 heteroatoms. The zero-order chi connectivity index (χ0) is 37.4. The van der Waals surface area contributed by atoms with Crippen molar-refractivity contribution in [2.75, 3.05) is 44.6 Å². The first-order chi connectivity index (χ1) is 24.7. The fourth-order valence-electron chi connectivity index (χ4n) is 9.38. The topological polar surface area (TPSA) is 151 Å². The number of rotatable bonds is 8. The minimum atomic E-state index is -3.29. The Bertz CT molecular complexity index is 1740.